The summed E-state index contributed by atoms with van der Waals surface area (Å²) in [6.45, 7) is 2.07. The zero-order valence-corrected chi connectivity index (χ0v) is 11.9. The molecule has 1 aromatic carbocycles. The number of nitrogens with two attached hydrogens (primary N) is 1. The minimum absolute atomic E-state index is 0.0844. The third-order valence-electron chi connectivity index (χ3n) is 4.43. The normalized spacial score (nSPS) is 19.6. The molecule has 0 saturated carbocycles. The maximum Gasteiger partial charge on any atom is 0.124 e. The zero-order chi connectivity index (χ0) is 13.9. The average Bonchev–Trinajstić information content (AvgIpc) is 2.91. The van der Waals surface area contributed by atoms with Crippen LogP contribution in [0.1, 0.15) is 53.7 Å². The minimum Gasteiger partial charge on any atom is -0.467 e. The molecule has 106 valence electrons. The van der Waals surface area contributed by atoms with Crippen molar-refractivity contribution in [2.24, 2.45) is 5.84 Å². The zero-order valence-electron chi connectivity index (χ0n) is 11.9. The summed E-state index contributed by atoms with van der Waals surface area (Å²) in [5.41, 5.74) is 7.08. The highest BCUT2D eigenvalue weighted by Gasteiger charge is 2.25. The van der Waals surface area contributed by atoms with Crippen LogP contribution in [0.4, 0.5) is 0 Å². The Morgan fingerprint density at radius 2 is 2.20 bits per heavy atom. The van der Waals surface area contributed by atoms with Gasteiger partial charge in [-0.05, 0) is 61.3 Å². The molecule has 2 atom stereocenters. The molecule has 3 heteroatoms. The molecule has 0 bridgehead atoms. The van der Waals surface area contributed by atoms with E-state index in [0.717, 1.165) is 17.7 Å². The SMILES string of the molecule is Cc1ccoc1C(CC1CCCc2ccccc21)NN. The number of hydrazine groups is 1. The summed E-state index contributed by atoms with van der Waals surface area (Å²) in [4.78, 5) is 0. The van der Waals surface area contributed by atoms with Gasteiger partial charge in [0, 0.05) is 0 Å². The van der Waals surface area contributed by atoms with E-state index >= 15 is 0 Å². The average molecular weight is 270 g/mol. The molecular formula is C17H22N2O. The van der Waals surface area contributed by atoms with Crippen LogP contribution in [0.3, 0.4) is 0 Å². The molecule has 3 N–H and O–H groups in total. The number of aryl methyl sites for hydroxylation is 2. The third kappa shape index (κ3) is 2.51. The molecule has 2 aromatic rings. The summed E-state index contributed by atoms with van der Waals surface area (Å²) in [7, 11) is 0. The van der Waals surface area contributed by atoms with Gasteiger partial charge in [0.15, 0.2) is 0 Å². The Bertz CT molecular complexity index is 576. The van der Waals surface area contributed by atoms with Gasteiger partial charge in [0.2, 0.25) is 0 Å². The number of benzene rings is 1. The summed E-state index contributed by atoms with van der Waals surface area (Å²) in [6, 6.07) is 10.9. The Morgan fingerprint density at radius 3 is 2.95 bits per heavy atom. The number of hydrogen-bond acceptors (Lipinski definition) is 3. The lowest BCUT2D eigenvalue weighted by Crippen LogP contribution is -2.30. The van der Waals surface area contributed by atoms with E-state index in [0.29, 0.717) is 5.92 Å². The van der Waals surface area contributed by atoms with Crippen molar-refractivity contribution in [3.63, 3.8) is 0 Å². The largest absolute Gasteiger partial charge is 0.467 e. The van der Waals surface area contributed by atoms with Gasteiger partial charge in [-0.2, -0.15) is 0 Å². The first-order valence-electron chi connectivity index (χ1n) is 7.37. The van der Waals surface area contributed by atoms with E-state index in [1.165, 1.54) is 30.4 Å². The molecule has 0 saturated heterocycles. The highest BCUT2D eigenvalue weighted by molar-refractivity contribution is 5.33. The summed E-state index contributed by atoms with van der Waals surface area (Å²) in [6.07, 6.45) is 6.42. The Balaban J connectivity index is 1.82. The smallest absolute Gasteiger partial charge is 0.124 e. The molecule has 0 spiro atoms. The standard InChI is InChI=1S/C17H22N2O/c1-12-9-10-20-17(12)16(19-18)11-14-7-4-6-13-5-2-3-8-15(13)14/h2-3,5,8-10,14,16,19H,4,6-7,11,18H2,1H3. The van der Waals surface area contributed by atoms with Gasteiger partial charge in [0.05, 0.1) is 12.3 Å². The van der Waals surface area contributed by atoms with Crippen LogP contribution in [0, 0.1) is 6.92 Å². The predicted molar refractivity (Wildman–Crippen MR) is 80.2 cm³/mol. The van der Waals surface area contributed by atoms with Crippen LogP contribution in [0.2, 0.25) is 0 Å². The van der Waals surface area contributed by atoms with Crippen LogP contribution in [-0.4, -0.2) is 0 Å². The number of nitrogens with one attached hydrogen (secondary N) is 1. The number of furan rings is 1. The van der Waals surface area contributed by atoms with Gasteiger partial charge in [-0.1, -0.05) is 24.3 Å². The highest BCUT2D eigenvalue weighted by Crippen LogP contribution is 2.38. The van der Waals surface area contributed by atoms with Gasteiger partial charge < -0.3 is 4.42 Å². The van der Waals surface area contributed by atoms with E-state index < -0.39 is 0 Å². The first kappa shape index (κ1) is 13.4. The number of rotatable bonds is 4. The van der Waals surface area contributed by atoms with Crippen molar-refractivity contribution in [2.45, 2.75) is 44.6 Å². The third-order valence-corrected chi connectivity index (χ3v) is 4.43. The van der Waals surface area contributed by atoms with Gasteiger partial charge in [0.25, 0.3) is 0 Å². The van der Waals surface area contributed by atoms with Crippen LogP contribution in [-0.2, 0) is 6.42 Å². The van der Waals surface area contributed by atoms with E-state index in [1.807, 2.05) is 6.07 Å². The van der Waals surface area contributed by atoms with Crippen LogP contribution in [0.25, 0.3) is 0 Å². The molecule has 0 aliphatic heterocycles. The predicted octanol–water partition coefficient (Wildman–Crippen LogP) is 3.60. The van der Waals surface area contributed by atoms with E-state index in [2.05, 4.69) is 36.6 Å². The van der Waals surface area contributed by atoms with Gasteiger partial charge in [-0.3, -0.25) is 5.84 Å². The summed E-state index contributed by atoms with van der Waals surface area (Å²) in [5.74, 6) is 7.29. The molecular weight excluding hydrogens is 248 g/mol. The first-order valence-corrected chi connectivity index (χ1v) is 7.37. The summed E-state index contributed by atoms with van der Waals surface area (Å²) >= 11 is 0. The van der Waals surface area contributed by atoms with Crippen molar-refractivity contribution < 1.29 is 4.42 Å². The molecule has 3 rings (SSSR count). The summed E-state index contributed by atoms with van der Waals surface area (Å²) in [5, 5.41) is 0. The first-order chi connectivity index (χ1) is 9.79. The fraction of sp³-hybridized carbons (Fsp3) is 0.412. The molecule has 1 aliphatic carbocycles. The van der Waals surface area contributed by atoms with Crippen molar-refractivity contribution in [1.29, 1.82) is 0 Å². The maximum absolute atomic E-state index is 5.76. The van der Waals surface area contributed by atoms with E-state index in [1.54, 1.807) is 6.26 Å². The molecule has 3 nitrogen and oxygen atoms in total. The maximum atomic E-state index is 5.76. The van der Waals surface area contributed by atoms with Crippen LogP contribution < -0.4 is 11.3 Å². The fourth-order valence-electron chi connectivity index (χ4n) is 3.38. The Kier molecular flexibility index (Phi) is 3.90. The van der Waals surface area contributed by atoms with E-state index in [-0.39, 0.29) is 6.04 Å². The molecule has 1 aromatic heterocycles. The van der Waals surface area contributed by atoms with Crippen molar-refractivity contribution in [1.82, 2.24) is 5.43 Å². The molecule has 2 unspecified atom stereocenters. The van der Waals surface area contributed by atoms with Crippen molar-refractivity contribution in [2.75, 3.05) is 0 Å². The van der Waals surface area contributed by atoms with Crippen molar-refractivity contribution in [3.8, 4) is 0 Å². The van der Waals surface area contributed by atoms with Crippen LogP contribution in [0.15, 0.2) is 41.0 Å². The topological polar surface area (TPSA) is 51.2 Å². The Labute approximate surface area is 120 Å². The monoisotopic (exact) mass is 270 g/mol. The van der Waals surface area contributed by atoms with Gasteiger partial charge in [-0.15, -0.1) is 0 Å². The quantitative estimate of drug-likeness (QED) is 0.659. The lowest BCUT2D eigenvalue weighted by atomic mass is 9.79. The number of hydrogen-bond donors (Lipinski definition) is 2. The molecule has 0 amide bonds. The van der Waals surface area contributed by atoms with Crippen molar-refractivity contribution >= 4 is 0 Å². The fourth-order valence-corrected chi connectivity index (χ4v) is 3.38. The number of fused-ring (bicyclic) bond motifs is 1. The van der Waals surface area contributed by atoms with E-state index in [4.69, 9.17) is 10.3 Å². The van der Waals surface area contributed by atoms with Gasteiger partial charge in [0.1, 0.15) is 5.76 Å². The molecule has 1 aliphatic rings. The van der Waals surface area contributed by atoms with E-state index in [9.17, 15) is 0 Å². The molecule has 1 heterocycles. The molecule has 0 fully saturated rings. The Morgan fingerprint density at radius 1 is 1.35 bits per heavy atom. The molecule has 20 heavy (non-hydrogen) atoms. The second-order valence-corrected chi connectivity index (χ2v) is 5.71. The summed E-state index contributed by atoms with van der Waals surface area (Å²) < 4.78 is 5.60. The second-order valence-electron chi connectivity index (χ2n) is 5.71. The van der Waals surface area contributed by atoms with Gasteiger partial charge >= 0.3 is 0 Å². The minimum atomic E-state index is 0.0844. The van der Waals surface area contributed by atoms with Crippen molar-refractivity contribution in [3.05, 3.63) is 59.0 Å². The highest BCUT2D eigenvalue weighted by atomic mass is 16.3. The second kappa shape index (κ2) is 5.81. The lowest BCUT2D eigenvalue weighted by Gasteiger charge is -2.28. The molecule has 0 radical (unpaired) electrons. The van der Waals surface area contributed by atoms with Gasteiger partial charge in [-0.25, -0.2) is 5.43 Å². The van der Waals surface area contributed by atoms with Crippen LogP contribution >= 0.6 is 0 Å². The lowest BCUT2D eigenvalue weighted by molar-refractivity contribution is 0.362. The Hall–Kier alpha value is -1.58. The van der Waals surface area contributed by atoms with Crippen LogP contribution in [0.5, 0.6) is 0 Å².